The lowest BCUT2D eigenvalue weighted by Gasteiger charge is -2.21. The number of rotatable bonds is 73. The summed E-state index contributed by atoms with van der Waals surface area (Å²) in [5, 5.41) is 10.6. The van der Waals surface area contributed by atoms with Gasteiger partial charge < -0.3 is 33.8 Å². The zero-order valence-electron chi connectivity index (χ0n) is 62.3. The zero-order chi connectivity index (χ0) is 70.3. The van der Waals surface area contributed by atoms with Crippen molar-refractivity contribution in [1.82, 2.24) is 0 Å². The third kappa shape index (κ3) is 70.3. The second-order valence-corrected chi connectivity index (χ2v) is 32.2. The van der Waals surface area contributed by atoms with Crippen molar-refractivity contribution in [2.24, 2.45) is 23.7 Å². The number of carbonyl (C=O) groups is 4. The predicted molar refractivity (Wildman–Crippen MR) is 386 cm³/mol. The van der Waals surface area contributed by atoms with Gasteiger partial charge in [-0.15, -0.1) is 0 Å². The van der Waals surface area contributed by atoms with Crippen LogP contribution in [0.3, 0.4) is 0 Å². The smallest absolute Gasteiger partial charge is 0.462 e. The van der Waals surface area contributed by atoms with E-state index in [0.29, 0.717) is 25.7 Å². The fraction of sp³-hybridized carbons (Fsp3) is 0.947. The highest BCUT2D eigenvalue weighted by Crippen LogP contribution is 2.45. The van der Waals surface area contributed by atoms with Crippen molar-refractivity contribution in [2.75, 3.05) is 39.6 Å². The van der Waals surface area contributed by atoms with Gasteiger partial charge in [0, 0.05) is 25.7 Å². The number of ether oxygens (including phenoxy) is 4. The van der Waals surface area contributed by atoms with Gasteiger partial charge in [-0.05, 0) is 49.4 Å². The van der Waals surface area contributed by atoms with Crippen LogP contribution in [0.25, 0.3) is 0 Å². The van der Waals surface area contributed by atoms with E-state index in [1.807, 2.05) is 0 Å². The van der Waals surface area contributed by atoms with Crippen LogP contribution in [0, 0.1) is 23.7 Å². The number of phosphoric ester groups is 2. The molecule has 0 aliphatic heterocycles. The highest BCUT2D eigenvalue weighted by molar-refractivity contribution is 7.47. The van der Waals surface area contributed by atoms with Crippen LogP contribution in [0.5, 0.6) is 0 Å². The quantitative estimate of drug-likeness (QED) is 0.0222. The summed E-state index contributed by atoms with van der Waals surface area (Å²) >= 11 is 0. The van der Waals surface area contributed by atoms with Crippen molar-refractivity contribution in [1.29, 1.82) is 0 Å². The van der Waals surface area contributed by atoms with Gasteiger partial charge in [0.05, 0.1) is 26.4 Å². The maximum absolute atomic E-state index is 13.1. The average Bonchev–Trinajstić information content (AvgIpc) is 1.47. The summed E-state index contributed by atoms with van der Waals surface area (Å²) in [6.45, 7) is 14.2. The van der Waals surface area contributed by atoms with E-state index in [9.17, 15) is 43.2 Å². The van der Waals surface area contributed by atoms with Gasteiger partial charge in [-0.2, -0.15) is 0 Å². The highest BCUT2D eigenvalue weighted by atomic mass is 31.2. The summed E-state index contributed by atoms with van der Waals surface area (Å²) in [7, 11) is -9.91. The molecule has 0 aliphatic rings. The van der Waals surface area contributed by atoms with Crippen LogP contribution < -0.4 is 0 Å². The molecule has 19 heteroatoms. The summed E-state index contributed by atoms with van der Waals surface area (Å²) in [5.41, 5.74) is 0. The molecule has 3 N–H and O–H groups in total. The molecular weight excluding hydrogens is 1250 g/mol. The monoisotopic (exact) mass is 1400 g/mol. The Morgan fingerprint density at radius 1 is 0.263 bits per heavy atom. The van der Waals surface area contributed by atoms with E-state index < -0.39 is 97.5 Å². The standard InChI is InChI=1S/C76H148O17P2/c1-66(2)52-44-36-28-20-13-9-10-16-25-34-42-50-58-75(80)92-71(62-86-73(78)56-48-40-32-24-17-11-14-21-29-37-45-53-67(3)4)64-90-94(82,83)88-60-70(77)61-89-95(84,85)91-65-72(63-87-74(79)57-49-41-33-27-19-23-31-39-47-55-69(7)8)93-76(81)59-51-43-35-26-18-12-15-22-30-38-46-54-68(5)6/h66-72,77H,9-65H2,1-8H3,(H,82,83)(H,84,85)/t70-,71-,72-/m1/s1. The van der Waals surface area contributed by atoms with Gasteiger partial charge in [0.15, 0.2) is 12.2 Å². The van der Waals surface area contributed by atoms with E-state index in [1.165, 1.54) is 186 Å². The minimum absolute atomic E-state index is 0.106. The third-order valence-corrected chi connectivity index (χ3v) is 19.5. The molecule has 0 saturated carbocycles. The summed E-state index contributed by atoms with van der Waals surface area (Å²) in [5.74, 6) is 0.937. The molecule has 0 heterocycles. The molecule has 95 heavy (non-hydrogen) atoms. The van der Waals surface area contributed by atoms with Crippen LogP contribution in [-0.2, 0) is 65.4 Å². The normalized spacial score (nSPS) is 14.1. The second kappa shape index (κ2) is 65.4. The minimum Gasteiger partial charge on any atom is -0.462 e. The number of hydrogen-bond acceptors (Lipinski definition) is 15. The number of phosphoric acid groups is 2. The van der Waals surface area contributed by atoms with Crippen molar-refractivity contribution < 1.29 is 80.2 Å². The van der Waals surface area contributed by atoms with Gasteiger partial charge in [-0.3, -0.25) is 37.3 Å². The molecule has 17 nitrogen and oxygen atoms in total. The van der Waals surface area contributed by atoms with Crippen molar-refractivity contribution in [3.8, 4) is 0 Å². The lowest BCUT2D eigenvalue weighted by Crippen LogP contribution is -2.30. The SMILES string of the molecule is CC(C)CCCCCCCCCCCCCCC(=O)O[C@H](COC(=O)CCCCCCCCCCCCCC(C)C)COP(=O)(O)OC[C@@H](O)COP(=O)(O)OC[C@@H](COC(=O)CCCCCCCCCCCC(C)C)OC(=O)CCCCCCCCCCCCCC(C)C. The van der Waals surface area contributed by atoms with Gasteiger partial charge in [0.2, 0.25) is 0 Å². The number of carbonyl (C=O) groups excluding carboxylic acids is 4. The molecule has 0 radical (unpaired) electrons. The van der Waals surface area contributed by atoms with Gasteiger partial charge >= 0.3 is 39.5 Å². The third-order valence-electron chi connectivity index (χ3n) is 17.6. The molecule has 0 saturated heterocycles. The van der Waals surface area contributed by atoms with Crippen LogP contribution in [0.15, 0.2) is 0 Å². The number of hydrogen-bond donors (Lipinski definition) is 3. The maximum atomic E-state index is 13.1. The Labute approximate surface area is 581 Å². The fourth-order valence-electron chi connectivity index (χ4n) is 11.6. The van der Waals surface area contributed by atoms with Crippen molar-refractivity contribution in [3.05, 3.63) is 0 Å². The highest BCUT2D eigenvalue weighted by Gasteiger charge is 2.30. The van der Waals surface area contributed by atoms with E-state index in [-0.39, 0.29) is 25.7 Å². The second-order valence-electron chi connectivity index (χ2n) is 29.3. The maximum Gasteiger partial charge on any atom is 0.472 e. The molecule has 0 fully saturated rings. The average molecular weight is 1400 g/mol. The van der Waals surface area contributed by atoms with Gasteiger partial charge in [0.1, 0.15) is 19.3 Å². The molecule has 0 amide bonds. The van der Waals surface area contributed by atoms with Crippen LogP contribution in [-0.4, -0.2) is 96.7 Å². The Kier molecular flexibility index (Phi) is 64.0. The van der Waals surface area contributed by atoms with Crippen LogP contribution in [0.1, 0.15) is 383 Å². The number of esters is 4. The van der Waals surface area contributed by atoms with E-state index in [2.05, 4.69) is 55.4 Å². The molecular formula is C76H148O17P2. The largest absolute Gasteiger partial charge is 0.472 e. The Hall–Kier alpha value is -1.94. The van der Waals surface area contributed by atoms with Crippen LogP contribution in [0.2, 0.25) is 0 Å². The van der Waals surface area contributed by atoms with E-state index in [0.717, 1.165) is 114 Å². The Bertz CT molecular complexity index is 1870. The first-order valence-corrected chi connectivity index (χ1v) is 42.2. The minimum atomic E-state index is -4.96. The summed E-state index contributed by atoms with van der Waals surface area (Å²) in [6.07, 6.45) is 49.8. The van der Waals surface area contributed by atoms with Crippen molar-refractivity contribution in [3.63, 3.8) is 0 Å². The summed E-state index contributed by atoms with van der Waals surface area (Å²) in [6, 6.07) is 0. The number of unbranched alkanes of at least 4 members (excludes halogenated alkanes) is 39. The molecule has 0 rings (SSSR count). The Morgan fingerprint density at radius 3 is 0.653 bits per heavy atom. The molecule has 0 aromatic carbocycles. The first-order valence-electron chi connectivity index (χ1n) is 39.2. The number of aliphatic hydroxyl groups excluding tert-OH is 1. The van der Waals surface area contributed by atoms with Gasteiger partial charge in [0.25, 0.3) is 0 Å². The lowest BCUT2D eigenvalue weighted by atomic mass is 10.0. The Balaban J connectivity index is 5.28. The molecule has 0 spiro atoms. The van der Waals surface area contributed by atoms with Crippen LogP contribution in [0.4, 0.5) is 0 Å². The molecule has 0 aliphatic carbocycles. The summed E-state index contributed by atoms with van der Waals surface area (Å²) in [4.78, 5) is 72.9. The predicted octanol–water partition coefficient (Wildman–Crippen LogP) is 22.0. The molecule has 0 aromatic rings. The van der Waals surface area contributed by atoms with Gasteiger partial charge in [-0.25, -0.2) is 9.13 Å². The van der Waals surface area contributed by atoms with E-state index in [1.54, 1.807) is 0 Å². The fourth-order valence-corrected chi connectivity index (χ4v) is 13.1. The van der Waals surface area contributed by atoms with Crippen LogP contribution >= 0.6 is 15.6 Å². The van der Waals surface area contributed by atoms with Crippen molar-refractivity contribution >= 4 is 39.5 Å². The number of aliphatic hydroxyl groups is 1. The topological polar surface area (TPSA) is 237 Å². The lowest BCUT2D eigenvalue weighted by molar-refractivity contribution is -0.161. The first kappa shape index (κ1) is 93.1. The molecule has 0 bridgehead atoms. The van der Waals surface area contributed by atoms with Crippen molar-refractivity contribution in [2.45, 2.75) is 401 Å². The van der Waals surface area contributed by atoms with E-state index >= 15 is 0 Å². The molecule has 5 atom stereocenters. The zero-order valence-corrected chi connectivity index (χ0v) is 64.1. The summed E-state index contributed by atoms with van der Waals surface area (Å²) < 4.78 is 68.6. The molecule has 564 valence electrons. The molecule has 0 aromatic heterocycles. The first-order chi connectivity index (χ1) is 45.6. The van der Waals surface area contributed by atoms with E-state index in [4.69, 9.17) is 37.0 Å². The molecule has 2 unspecified atom stereocenters. The Morgan fingerprint density at radius 2 is 0.442 bits per heavy atom. The van der Waals surface area contributed by atoms with Gasteiger partial charge in [-0.1, -0.05) is 331 Å².